The van der Waals surface area contributed by atoms with Gasteiger partial charge in [-0.1, -0.05) is 53.0 Å². The van der Waals surface area contributed by atoms with Crippen LogP contribution in [0.5, 0.6) is 0 Å². The Morgan fingerprint density at radius 2 is 1.64 bits per heavy atom. The van der Waals surface area contributed by atoms with Crippen LogP contribution in [-0.2, 0) is 4.79 Å². The number of hydrogen-bond donors (Lipinski definition) is 1. The van der Waals surface area contributed by atoms with Crippen LogP contribution in [0.1, 0.15) is 28.8 Å². The van der Waals surface area contributed by atoms with E-state index in [0.717, 1.165) is 5.56 Å². The summed E-state index contributed by atoms with van der Waals surface area (Å²) < 4.78 is 0. The van der Waals surface area contributed by atoms with Gasteiger partial charge in [-0.05, 0) is 25.1 Å². The number of nitrogens with one attached hydrogen (secondary N) is 1. The molecule has 22 heavy (non-hydrogen) atoms. The molecule has 2 aromatic rings. The number of Topliss-reactive ketones (excluding diaryl/α,β-unsaturated/α-hetero) is 1. The average molecular weight is 336 g/mol. The Labute approximate surface area is 139 Å². The number of aryl methyl sites for hydroxylation is 1. The third-order valence-electron chi connectivity index (χ3n) is 3.16. The molecule has 114 valence electrons. The van der Waals surface area contributed by atoms with Gasteiger partial charge in [0.1, 0.15) is 0 Å². The number of rotatable bonds is 5. The third-order valence-corrected chi connectivity index (χ3v) is 3.90. The smallest absolute Gasteiger partial charge is 0.224 e. The zero-order chi connectivity index (χ0) is 16.1. The van der Waals surface area contributed by atoms with Gasteiger partial charge in [-0.2, -0.15) is 0 Å². The Balaban J connectivity index is 1.88. The zero-order valence-corrected chi connectivity index (χ0v) is 13.5. The summed E-state index contributed by atoms with van der Waals surface area (Å²) in [6.45, 7) is 1.96. The lowest BCUT2D eigenvalue weighted by atomic mass is 10.0. The molecule has 1 amide bonds. The number of halogens is 2. The van der Waals surface area contributed by atoms with Crippen molar-refractivity contribution in [3.8, 4) is 0 Å². The molecule has 0 atom stereocenters. The van der Waals surface area contributed by atoms with E-state index in [4.69, 9.17) is 23.2 Å². The molecule has 0 radical (unpaired) electrons. The second-order valence-electron chi connectivity index (χ2n) is 4.97. The molecule has 0 aromatic heterocycles. The molecular weight excluding hydrogens is 321 g/mol. The first-order valence-corrected chi connectivity index (χ1v) is 7.56. The normalized spacial score (nSPS) is 10.3. The topological polar surface area (TPSA) is 46.2 Å². The minimum atomic E-state index is -0.237. The lowest BCUT2D eigenvalue weighted by Gasteiger charge is -2.06. The maximum atomic E-state index is 12.0. The Kier molecular flexibility index (Phi) is 5.58. The number of amides is 1. The Hall–Kier alpha value is -1.84. The largest absolute Gasteiger partial charge is 0.326 e. The number of anilines is 1. The minimum absolute atomic E-state index is 0.0516. The highest BCUT2D eigenvalue weighted by atomic mass is 35.5. The van der Waals surface area contributed by atoms with E-state index in [2.05, 4.69) is 5.32 Å². The molecule has 0 heterocycles. The maximum Gasteiger partial charge on any atom is 0.224 e. The minimum Gasteiger partial charge on any atom is -0.326 e. The van der Waals surface area contributed by atoms with Gasteiger partial charge >= 0.3 is 0 Å². The molecule has 0 saturated heterocycles. The van der Waals surface area contributed by atoms with Crippen molar-refractivity contribution in [1.29, 1.82) is 0 Å². The first-order valence-electron chi connectivity index (χ1n) is 6.80. The molecule has 0 unspecified atom stereocenters. The molecule has 0 fully saturated rings. The van der Waals surface area contributed by atoms with E-state index in [0.29, 0.717) is 21.3 Å². The molecular formula is C17H15Cl2NO2. The van der Waals surface area contributed by atoms with E-state index in [1.54, 1.807) is 30.3 Å². The summed E-state index contributed by atoms with van der Waals surface area (Å²) in [7, 11) is 0. The molecule has 0 bridgehead atoms. The quantitative estimate of drug-likeness (QED) is 0.789. The van der Waals surface area contributed by atoms with Crippen LogP contribution in [0.3, 0.4) is 0 Å². The highest BCUT2D eigenvalue weighted by molar-refractivity contribution is 6.42. The van der Waals surface area contributed by atoms with Crippen LogP contribution in [0.2, 0.25) is 10.0 Å². The van der Waals surface area contributed by atoms with Crippen LogP contribution >= 0.6 is 23.2 Å². The van der Waals surface area contributed by atoms with Crippen LogP contribution < -0.4 is 5.32 Å². The van der Waals surface area contributed by atoms with E-state index < -0.39 is 0 Å². The van der Waals surface area contributed by atoms with Gasteiger partial charge in [0.25, 0.3) is 0 Å². The fourth-order valence-corrected chi connectivity index (χ4v) is 2.21. The lowest BCUT2D eigenvalue weighted by molar-refractivity contribution is -0.116. The van der Waals surface area contributed by atoms with Gasteiger partial charge in [0.15, 0.2) is 5.78 Å². The van der Waals surface area contributed by atoms with Crippen molar-refractivity contribution < 1.29 is 9.59 Å². The van der Waals surface area contributed by atoms with Crippen LogP contribution in [0.15, 0.2) is 42.5 Å². The average Bonchev–Trinajstić information content (AvgIpc) is 2.49. The first-order chi connectivity index (χ1) is 10.5. The number of ketones is 1. The van der Waals surface area contributed by atoms with Crippen molar-refractivity contribution in [2.45, 2.75) is 19.8 Å². The second kappa shape index (κ2) is 7.43. The summed E-state index contributed by atoms with van der Waals surface area (Å²) in [4.78, 5) is 23.9. The van der Waals surface area contributed by atoms with Crippen molar-refractivity contribution in [2.75, 3.05) is 5.32 Å². The standard InChI is InChI=1S/C17H15Cl2NO2/c1-11-2-4-12(5-3-11)16(21)8-9-17(22)20-13-6-7-14(18)15(19)10-13/h2-7,10H,8-9H2,1H3,(H,20,22). The van der Waals surface area contributed by atoms with Gasteiger partial charge in [-0.3, -0.25) is 9.59 Å². The van der Waals surface area contributed by atoms with Crippen molar-refractivity contribution in [1.82, 2.24) is 0 Å². The molecule has 1 N–H and O–H groups in total. The predicted octanol–water partition coefficient (Wildman–Crippen LogP) is 4.90. The van der Waals surface area contributed by atoms with Gasteiger partial charge in [0.05, 0.1) is 10.0 Å². The van der Waals surface area contributed by atoms with Gasteiger partial charge < -0.3 is 5.32 Å². The van der Waals surface area contributed by atoms with E-state index in [9.17, 15) is 9.59 Å². The Morgan fingerprint density at radius 1 is 0.955 bits per heavy atom. The maximum absolute atomic E-state index is 12.0. The summed E-state index contributed by atoms with van der Waals surface area (Å²) in [5.41, 5.74) is 2.27. The summed E-state index contributed by atoms with van der Waals surface area (Å²) in [5, 5.41) is 3.49. The molecule has 0 saturated carbocycles. The molecule has 2 aromatic carbocycles. The van der Waals surface area contributed by atoms with Gasteiger partial charge in [-0.25, -0.2) is 0 Å². The summed E-state index contributed by atoms with van der Waals surface area (Å²) in [6.07, 6.45) is 0.281. The molecule has 3 nitrogen and oxygen atoms in total. The highest BCUT2D eigenvalue weighted by Crippen LogP contribution is 2.25. The second-order valence-corrected chi connectivity index (χ2v) is 5.78. The van der Waals surface area contributed by atoms with Crippen molar-refractivity contribution >= 4 is 40.6 Å². The number of hydrogen-bond acceptors (Lipinski definition) is 2. The molecule has 0 aliphatic carbocycles. The van der Waals surface area contributed by atoms with Crippen molar-refractivity contribution in [3.05, 3.63) is 63.6 Å². The number of carbonyl (C=O) groups excluding carboxylic acids is 2. The predicted molar refractivity (Wildman–Crippen MR) is 89.8 cm³/mol. The number of benzene rings is 2. The Bertz CT molecular complexity index is 696. The van der Waals surface area contributed by atoms with Crippen LogP contribution in [0.4, 0.5) is 5.69 Å². The molecule has 2 rings (SSSR count). The van der Waals surface area contributed by atoms with Crippen LogP contribution in [-0.4, -0.2) is 11.7 Å². The molecule has 0 aliphatic heterocycles. The fourth-order valence-electron chi connectivity index (χ4n) is 1.91. The molecule has 0 spiro atoms. The lowest BCUT2D eigenvalue weighted by Crippen LogP contribution is -2.13. The van der Waals surface area contributed by atoms with Crippen LogP contribution in [0.25, 0.3) is 0 Å². The van der Waals surface area contributed by atoms with Gasteiger partial charge in [-0.15, -0.1) is 0 Å². The van der Waals surface area contributed by atoms with Gasteiger partial charge in [0.2, 0.25) is 5.91 Å². The van der Waals surface area contributed by atoms with E-state index in [-0.39, 0.29) is 24.5 Å². The number of carbonyl (C=O) groups is 2. The molecule has 0 aliphatic rings. The summed E-state index contributed by atoms with van der Waals surface area (Å²) >= 11 is 11.7. The van der Waals surface area contributed by atoms with E-state index in [1.807, 2.05) is 19.1 Å². The Morgan fingerprint density at radius 3 is 2.27 bits per heavy atom. The van der Waals surface area contributed by atoms with Crippen LogP contribution in [0, 0.1) is 6.92 Å². The SMILES string of the molecule is Cc1ccc(C(=O)CCC(=O)Nc2ccc(Cl)c(Cl)c2)cc1. The van der Waals surface area contributed by atoms with E-state index in [1.165, 1.54) is 0 Å². The summed E-state index contributed by atoms with van der Waals surface area (Å²) in [6, 6.07) is 12.1. The monoisotopic (exact) mass is 335 g/mol. The third kappa shape index (κ3) is 4.58. The summed E-state index contributed by atoms with van der Waals surface area (Å²) in [5.74, 6) is -0.289. The fraction of sp³-hybridized carbons (Fsp3) is 0.176. The van der Waals surface area contributed by atoms with Gasteiger partial charge in [0, 0.05) is 24.1 Å². The van der Waals surface area contributed by atoms with E-state index >= 15 is 0 Å². The highest BCUT2D eigenvalue weighted by Gasteiger charge is 2.10. The first kappa shape index (κ1) is 16.5. The molecule has 5 heteroatoms. The van der Waals surface area contributed by atoms with Crippen molar-refractivity contribution in [2.24, 2.45) is 0 Å². The zero-order valence-electron chi connectivity index (χ0n) is 12.0. The van der Waals surface area contributed by atoms with Crippen molar-refractivity contribution in [3.63, 3.8) is 0 Å².